The third kappa shape index (κ3) is 6.02. The lowest BCUT2D eigenvalue weighted by atomic mass is 10.2. The molecule has 0 fully saturated rings. The van der Waals surface area contributed by atoms with Crippen molar-refractivity contribution >= 4 is 34.4 Å². The van der Waals surface area contributed by atoms with Gasteiger partial charge in [0, 0.05) is 25.8 Å². The number of esters is 1. The lowest BCUT2D eigenvalue weighted by molar-refractivity contribution is 0.0521. The minimum Gasteiger partial charge on any atom is -0.462 e. The predicted octanol–water partition coefficient (Wildman–Crippen LogP) is 6.90. The fourth-order valence-electron chi connectivity index (χ4n) is 2.57. The van der Waals surface area contributed by atoms with E-state index in [1.54, 1.807) is 31.2 Å². The molecule has 0 saturated carbocycles. The van der Waals surface area contributed by atoms with Gasteiger partial charge in [0.05, 0.1) is 34.9 Å². The van der Waals surface area contributed by atoms with E-state index < -0.39 is 11.8 Å². The van der Waals surface area contributed by atoms with Gasteiger partial charge in [-0.2, -0.15) is 20.5 Å². The Kier molecular flexibility index (Phi) is 7.16. The van der Waals surface area contributed by atoms with Crippen molar-refractivity contribution in [3.8, 4) is 0 Å². The predicted molar refractivity (Wildman–Crippen MR) is 118 cm³/mol. The summed E-state index contributed by atoms with van der Waals surface area (Å²) in [5.41, 5.74) is 3.23. The van der Waals surface area contributed by atoms with E-state index >= 15 is 0 Å². The van der Waals surface area contributed by atoms with Gasteiger partial charge >= 0.3 is 5.97 Å². The fourth-order valence-corrected chi connectivity index (χ4v) is 2.57. The Morgan fingerprint density at radius 2 is 1.26 bits per heavy atom. The summed E-state index contributed by atoms with van der Waals surface area (Å²) in [6, 6.07) is 18.7. The highest BCUT2D eigenvalue weighted by Gasteiger charge is 2.12. The van der Waals surface area contributed by atoms with Gasteiger partial charge in [-0.15, -0.1) is 0 Å². The van der Waals surface area contributed by atoms with Crippen molar-refractivity contribution in [2.75, 3.05) is 25.6 Å². The molecule has 0 amide bonds. The van der Waals surface area contributed by atoms with Crippen LogP contribution >= 0.6 is 0 Å². The van der Waals surface area contributed by atoms with E-state index in [4.69, 9.17) is 4.74 Å². The van der Waals surface area contributed by atoms with E-state index in [2.05, 4.69) is 20.5 Å². The van der Waals surface area contributed by atoms with Crippen LogP contribution in [0.4, 0.5) is 32.8 Å². The molecule has 0 aliphatic carbocycles. The molecule has 158 valence electrons. The largest absolute Gasteiger partial charge is 0.462 e. The normalized spacial score (nSPS) is 11.2. The van der Waals surface area contributed by atoms with Gasteiger partial charge in [-0.1, -0.05) is 0 Å². The maximum absolute atomic E-state index is 14.1. The maximum atomic E-state index is 14.1. The highest BCUT2D eigenvalue weighted by molar-refractivity contribution is 5.90. The number of nitrogens with zero attached hydrogens (tertiary/aromatic N) is 5. The molecule has 3 aromatic rings. The summed E-state index contributed by atoms with van der Waals surface area (Å²) in [4.78, 5) is 13.7. The quantitative estimate of drug-likeness (QED) is 0.309. The van der Waals surface area contributed by atoms with Crippen LogP contribution in [0, 0.1) is 5.82 Å². The second-order valence-electron chi connectivity index (χ2n) is 6.71. The van der Waals surface area contributed by atoms with Gasteiger partial charge in [0.2, 0.25) is 0 Å². The summed E-state index contributed by atoms with van der Waals surface area (Å²) in [5.74, 6) is -1.41. The molecule has 0 radical (unpaired) electrons. The molecule has 0 unspecified atom stereocenters. The number of benzene rings is 3. The van der Waals surface area contributed by atoms with E-state index in [-0.39, 0.29) is 17.9 Å². The van der Waals surface area contributed by atoms with Crippen LogP contribution in [0.3, 0.4) is 0 Å². The van der Waals surface area contributed by atoms with Gasteiger partial charge in [0.1, 0.15) is 5.82 Å². The molecule has 0 atom stereocenters. The number of carbonyl (C=O) groups excluding carboxylic acids is 1. The average Bonchev–Trinajstić information content (AvgIpc) is 2.77. The first kappa shape index (κ1) is 21.8. The Bertz CT molecular complexity index is 1090. The smallest absolute Gasteiger partial charge is 0.341 e. The van der Waals surface area contributed by atoms with Crippen molar-refractivity contribution in [3.05, 3.63) is 78.1 Å². The zero-order valence-electron chi connectivity index (χ0n) is 17.5. The lowest BCUT2D eigenvalue weighted by Gasteiger charge is -2.11. The maximum Gasteiger partial charge on any atom is 0.341 e. The first-order valence-electron chi connectivity index (χ1n) is 9.64. The van der Waals surface area contributed by atoms with E-state index in [9.17, 15) is 9.18 Å². The second kappa shape index (κ2) is 10.2. The van der Waals surface area contributed by atoms with E-state index in [1.165, 1.54) is 12.1 Å². The lowest BCUT2D eigenvalue weighted by Crippen LogP contribution is -2.07. The Hall–Kier alpha value is -3.94. The van der Waals surface area contributed by atoms with Crippen molar-refractivity contribution in [2.45, 2.75) is 6.92 Å². The van der Waals surface area contributed by atoms with Crippen LogP contribution in [0.1, 0.15) is 17.3 Å². The Morgan fingerprint density at radius 3 is 1.71 bits per heavy atom. The van der Waals surface area contributed by atoms with Crippen LogP contribution in [0.5, 0.6) is 0 Å². The standard InChI is InChI=1S/C23H22FN5O2/c1-4-31-23(30)21-14-11-19(15-22(21)24)28-27-17-7-5-16(6-8-17)25-26-18-9-12-20(13-10-18)29(2)3/h5-15H,4H2,1-3H3. The molecule has 0 aliphatic heterocycles. The number of hydrogen-bond acceptors (Lipinski definition) is 7. The number of carbonyl (C=O) groups is 1. The van der Waals surface area contributed by atoms with Crippen LogP contribution in [-0.4, -0.2) is 26.7 Å². The van der Waals surface area contributed by atoms with Gasteiger partial charge in [-0.05, 0) is 67.6 Å². The monoisotopic (exact) mass is 419 g/mol. The number of azo groups is 2. The van der Waals surface area contributed by atoms with Crippen molar-refractivity contribution in [2.24, 2.45) is 20.5 Å². The molecule has 0 N–H and O–H groups in total. The summed E-state index contributed by atoms with van der Waals surface area (Å²) in [5, 5.41) is 16.5. The molecule has 8 heteroatoms. The van der Waals surface area contributed by atoms with E-state index in [1.807, 2.05) is 43.3 Å². The molecule has 31 heavy (non-hydrogen) atoms. The Balaban J connectivity index is 1.64. The van der Waals surface area contributed by atoms with Gasteiger partial charge in [0.15, 0.2) is 0 Å². The molecular formula is C23H22FN5O2. The Morgan fingerprint density at radius 1 is 0.806 bits per heavy atom. The van der Waals surface area contributed by atoms with Crippen molar-refractivity contribution in [1.82, 2.24) is 0 Å². The van der Waals surface area contributed by atoms with Crippen LogP contribution in [0.15, 0.2) is 87.2 Å². The van der Waals surface area contributed by atoms with Crippen LogP contribution in [0.2, 0.25) is 0 Å². The average molecular weight is 419 g/mol. The summed E-state index contributed by atoms with van der Waals surface area (Å²) in [6.07, 6.45) is 0. The number of halogens is 1. The molecule has 0 spiro atoms. The summed E-state index contributed by atoms with van der Waals surface area (Å²) in [7, 11) is 3.95. The Labute approximate surface area is 179 Å². The number of anilines is 1. The topological polar surface area (TPSA) is 79.0 Å². The highest BCUT2D eigenvalue weighted by atomic mass is 19.1. The fraction of sp³-hybridized carbons (Fsp3) is 0.174. The third-order valence-electron chi connectivity index (χ3n) is 4.23. The molecule has 0 heterocycles. The van der Waals surface area contributed by atoms with Crippen molar-refractivity contribution in [1.29, 1.82) is 0 Å². The van der Waals surface area contributed by atoms with Crippen LogP contribution in [-0.2, 0) is 4.74 Å². The molecule has 0 aliphatic rings. The van der Waals surface area contributed by atoms with Gasteiger partial charge in [-0.3, -0.25) is 0 Å². The molecule has 0 saturated heterocycles. The molecular weight excluding hydrogens is 397 g/mol. The molecule has 3 aromatic carbocycles. The third-order valence-corrected chi connectivity index (χ3v) is 4.23. The summed E-state index contributed by atoms with van der Waals surface area (Å²) < 4.78 is 18.9. The number of hydrogen-bond donors (Lipinski definition) is 0. The summed E-state index contributed by atoms with van der Waals surface area (Å²) in [6.45, 7) is 1.84. The SMILES string of the molecule is CCOC(=O)c1ccc(N=Nc2ccc(N=Nc3ccc(N(C)C)cc3)cc2)cc1F. The van der Waals surface area contributed by atoms with Gasteiger partial charge in [0.25, 0.3) is 0 Å². The van der Waals surface area contributed by atoms with Crippen molar-refractivity contribution in [3.63, 3.8) is 0 Å². The molecule has 7 nitrogen and oxygen atoms in total. The first-order valence-corrected chi connectivity index (χ1v) is 9.64. The minimum absolute atomic E-state index is 0.133. The summed E-state index contributed by atoms with van der Waals surface area (Å²) >= 11 is 0. The van der Waals surface area contributed by atoms with Crippen molar-refractivity contribution < 1.29 is 13.9 Å². The zero-order valence-corrected chi connectivity index (χ0v) is 17.5. The van der Waals surface area contributed by atoms with E-state index in [0.717, 1.165) is 17.4 Å². The highest BCUT2D eigenvalue weighted by Crippen LogP contribution is 2.25. The minimum atomic E-state index is -0.707. The molecule has 0 bridgehead atoms. The number of ether oxygens (including phenoxy) is 1. The molecule has 3 rings (SSSR count). The molecule has 0 aromatic heterocycles. The number of rotatable bonds is 7. The van der Waals surface area contributed by atoms with Crippen LogP contribution in [0.25, 0.3) is 0 Å². The van der Waals surface area contributed by atoms with Crippen LogP contribution < -0.4 is 4.90 Å². The zero-order chi connectivity index (χ0) is 22.2. The van der Waals surface area contributed by atoms with E-state index in [0.29, 0.717) is 11.4 Å². The van der Waals surface area contributed by atoms with Gasteiger partial charge < -0.3 is 9.64 Å². The van der Waals surface area contributed by atoms with Gasteiger partial charge in [-0.25, -0.2) is 9.18 Å². The second-order valence-corrected chi connectivity index (χ2v) is 6.71. The first-order chi connectivity index (χ1) is 15.0.